The maximum absolute atomic E-state index is 13.2. The topological polar surface area (TPSA) is 56.9 Å². The minimum atomic E-state index is -0.267. The Bertz CT molecular complexity index is 937. The first-order valence-electron chi connectivity index (χ1n) is 9.76. The number of β-amino-alcohol motifs (C(OH)–C–C–N with tert-alkyl or cyclic N) is 1. The van der Waals surface area contributed by atoms with Gasteiger partial charge in [-0.1, -0.05) is 48.5 Å². The molecule has 5 heteroatoms. The van der Waals surface area contributed by atoms with Crippen molar-refractivity contribution in [1.82, 2.24) is 9.80 Å². The first kappa shape index (κ1) is 18.7. The number of carbonyl (C=O) groups excluding carboxylic acids is 1. The Morgan fingerprint density at radius 1 is 1.21 bits per heavy atom. The van der Waals surface area contributed by atoms with Gasteiger partial charge in [-0.2, -0.15) is 0 Å². The molecular weight excluding hydrogens is 352 g/mol. The molecule has 4 rings (SSSR count). The van der Waals surface area contributed by atoms with Crippen LogP contribution in [-0.4, -0.2) is 53.6 Å². The Morgan fingerprint density at radius 3 is 2.79 bits per heavy atom. The number of furan rings is 1. The van der Waals surface area contributed by atoms with E-state index in [1.807, 2.05) is 48.3 Å². The number of amides is 1. The van der Waals surface area contributed by atoms with Gasteiger partial charge in [0.2, 0.25) is 5.91 Å². The van der Waals surface area contributed by atoms with Crippen LogP contribution < -0.4 is 0 Å². The summed E-state index contributed by atoms with van der Waals surface area (Å²) < 4.78 is 5.31. The van der Waals surface area contributed by atoms with Gasteiger partial charge in [0.1, 0.15) is 0 Å². The van der Waals surface area contributed by atoms with Gasteiger partial charge in [0.05, 0.1) is 31.1 Å². The minimum Gasteiger partial charge on any atom is -0.471 e. The fourth-order valence-corrected chi connectivity index (χ4v) is 4.02. The maximum atomic E-state index is 13.2. The SMILES string of the molecule is CN(C(=O)Cc1cccc2cocc12)C(CN1CCC(O)C1)c1ccccc1. The number of likely N-dealkylation sites (tertiary alicyclic amines) is 1. The van der Waals surface area contributed by atoms with Gasteiger partial charge in [0.25, 0.3) is 0 Å². The number of aliphatic hydroxyl groups excluding tert-OH is 1. The molecule has 28 heavy (non-hydrogen) atoms. The van der Waals surface area contributed by atoms with E-state index in [2.05, 4.69) is 17.0 Å². The lowest BCUT2D eigenvalue weighted by molar-refractivity contribution is -0.131. The van der Waals surface area contributed by atoms with E-state index in [0.29, 0.717) is 13.0 Å². The number of hydrogen-bond acceptors (Lipinski definition) is 4. The van der Waals surface area contributed by atoms with Crippen molar-refractivity contribution in [1.29, 1.82) is 0 Å². The molecule has 1 saturated heterocycles. The summed E-state index contributed by atoms with van der Waals surface area (Å²) in [7, 11) is 1.88. The molecule has 5 nitrogen and oxygen atoms in total. The normalized spacial score (nSPS) is 18.4. The molecule has 146 valence electrons. The van der Waals surface area contributed by atoms with Crippen LogP contribution >= 0.6 is 0 Å². The summed E-state index contributed by atoms with van der Waals surface area (Å²) in [4.78, 5) is 17.2. The predicted octanol–water partition coefficient (Wildman–Crippen LogP) is 3.24. The number of carbonyl (C=O) groups is 1. The number of nitrogens with zero attached hydrogens (tertiary/aromatic N) is 2. The molecule has 0 spiro atoms. The van der Waals surface area contributed by atoms with Crippen LogP contribution in [0.1, 0.15) is 23.6 Å². The second kappa shape index (κ2) is 8.17. The van der Waals surface area contributed by atoms with Crippen LogP contribution in [0.2, 0.25) is 0 Å². The first-order chi connectivity index (χ1) is 13.6. The highest BCUT2D eigenvalue weighted by Gasteiger charge is 2.28. The number of rotatable bonds is 6. The summed E-state index contributed by atoms with van der Waals surface area (Å²) in [5.41, 5.74) is 2.09. The van der Waals surface area contributed by atoms with E-state index in [4.69, 9.17) is 4.42 Å². The van der Waals surface area contributed by atoms with E-state index in [0.717, 1.165) is 41.4 Å². The molecule has 2 aromatic carbocycles. The Morgan fingerprint density at radius 2 is 2.04 bits per heavy atom. The van der Waals surface area contributed by atoms with Gasteiger partial charge < -0.3 is 14.4 Å². The van der Waals surface area contributed by atoms with E-state index in [1.165, 1.54) is 0 Å². The summed E-state index contributed by atoms with van der Waals surface area (Å²) in [5, 5.41) is 11.9. The molecule has 1 amide bonds. The zero-order valence-electron chi connectivity index (χ0n) is 16.1. The Kier molecular flexibility index (Phi) is 5.46. The van der Waals surface area contributed by atoms with Crippen molar-refractivity contribution in [2.75, 3.05) is 26.7 Å². The highest BCUT2D eigenvalue weighted by atomic mass is 16.3. The summed E-state index contributed by atoms with van der Waals surface area (Å²) in [6.07, 6.45) is 4.27. The van der Waals surface area contributed by atoms with Gasteiger partial charge in [-0.15, -0.1) is 0 Å². The third kappa shape index (κ3) is 3.96. The van der Waals surface area contributed by atoms with E-state index in [9.17, 15) is 9.90 Å². The Hall–Kier alpha value is -2.63. The van der Waals surface area contributed by atoms with Crippen LogP contribution in [0.5, 0.6) is 0 Å². The molecule has 0 saturated carbocycles. The molecule has 0 radical (unpaired) electrons. The van der Waals surface area contributed by atoms with Crippen molar-refractivity contribution in [2.24, 2.45) is 0 Å². The fraction of sp³-hybridized carbons (Fsp3) is 0.348. The standard InChI is InChI=1S/C23H26N2O3/c1-24(23(27)12-18-8-5-9-19-15-28-16-21(18)19)22(17-6-3-2-4-7-17)14-25-11-10-20(26)13-25/h2-9,15-16,20,22,26H,10-14H2,1H3. The van der Waals surface area contributed by atoms with Crippen molar-refractivity contribution in [2.45, 2.75) is 25.0 Å². The van der Waals surface area contributed by atoms with Gasteiger partial charge in [0, 0.05) is 37.5 Å². The molecule has 1 N–H and O–H groups in total. The van der Waals surface area contributed by atoms with E-state index in [1.54, 1.807) is 12.5 Å². The van der Waals surface area contributed by atoms with E-state index < -0.39 is 0 Å². The molecular formula is C23H26N2O3. The zero-order chi connectivity index (χ0) is 19.5. The number of fused-ring (bicyclic) bond motifs is 1. The smallest absolute Gasteiger partial charge is 0.227 e. The number of benzene rings is 2. The number of hydrogen-bond donors (Lipinski definition) is 1. The van der Waals surface area contributed by atoms with Gasteiger partial charge in [-0.05, 0) is 17.5 Å². The Labute approximate surface area is 165 Å². The third-order valence-corrected chi connectivity index (χ3v) is 5.68. The zero-order valence-corrected chi connectivity index (χ0v) is 16.1. The average molecular weight is 378 g/mol. The second-order valence-electron chi connectivity index (χ2n) is 7.60. The maximum Gasteiger partial charge on any atom is 0.227 e. The van der Waals surface area contributed by atoms with Gasteiger partial charge >= 0.3 is 0 Å². The average Bonchev–Trinajstić information content (AvgIpc) is 3.35. The first-order valence-corrected chi connectivity index (χ1v) is 9.76. The third-order valence-electron chi connectivity index (χ3n) is 5.68. The molecule has 1 aliphatic heterocycles. The summed E-state index contributed by atoms with van der Waals surface area (Å²) in [6, 6.07) is 16.0. The molecule has 3 aromatic rings. The predicted molar refractivity (Wildman–Crippen MR) is 109 cm³/mol. The number of aliphatic hydroxyl groups is 1. The number of likely N-dealkylation sites (N-methyl/N-ethyl adjacent to an activating group) is 1. The van der Waals surface area contributed by atoms with Crippen molar-refractivity contribution < 1.29 is 14.3 Å². The van der Waals surface area contributed by atoms with Crippen molar-refractivity contribution in [3.8, 4) is 0 Å². The van der Waals surface area contributed by atoms with Crippen LogP contribution in [0.15, 0.2) is 65.5 Å². The van der Waals surface area contributed by atoms with E-state index in [-0.39, 0.29) is 18.1 Å². The summed E-state index contributed by atoms with van der Waals surface area (Å²) in [6.45, 7) is 2.25. The minimum absolute atomic E-state index is 0.0532. The quantitative estimate of drug-likeness (QED) is 0.715. The fourth-order valence-electron chi connectivity index (χ4n) is 4.02. The molecule has 1 aromatic heterocycles. The molecule has 2 atom stereocenters. The van der Waals surface area contributed by atoms with Crippen molar-refractivity contribution in [3.63, 3.8) is 0 Å². The Balaban J connectivity index is 1.54. The highest BCUT2D eigenvalue weighted by molar-refractivity contribution is 5.89. The molecule has 0 aliphatic carbocycles. The van der Waals surface area contributed by atoms with Gasteiger partial charge in [-0.3, -0.25) is 9.69 Å². The second-order valence-corrected chi connectivity index (χ2v) is 7.60. The van der Waals surface area contributed by atoms with Crippen LogP contribution in [0.3, 0.4) is 0 Å². The monoisotopic (exact) mass is 378 g/mol. The van der Waals surface area contributed by atoms with Gasteiger partial charge in [-0.25, -0.2) is 0 Å². The lowest BCUT2D eigenvalue weighted by Crippen LogP contribution is -2.39. The van der Waals surface area contributed by atoms with Crippen LogP contribution in [0.4, 0.5) is 0 Å². The van der Waals surface area contributed by atoms with Gasteiger partial charge in [0.15, 0.2) is 0 Å². The molecule has 2 unspecified atom stereocenters. The van der Waals surface area contributed by atoms with Crippen LogP contribution in [0, 0.1) is 0 Å². The molecule has 0 bridgehead atoms. The largest absolute Gasteiger partial charge is 0.471 e. The molecule has 1 fully saturated rings. The van der Waals surface area contributed by atoms with Crippen LogP contribution in [0.25, 0.3) is 10.8 Å². The van der Waals surface area contributed by atoms with Crippen LogP contribution in [-0.2, 0) is 11.2 Å². The lowest BCUT2D eigenvalue weighted by Gasteiger charge is -2.32. The highest BCUT2D eigenvalue weighted by Crippen LogP contribution is 2.25. The van der Waals surface area contributed by atoms with Crippen molar-refractivity contribution in [3.05, 3.63) is 72.2 Å². The lowest BCUT2D eigenvalue weighted by atomic mass is 10.0. The molecule has 2 heterocycles. The molecule has 1 aliphatic rings. The summed E-state index contributed by atoms with van der Waals surface area (Å²) in [5.74, 6) is 0.0716. The van der Waals surface area contributed by atoms with E-state index >= 15 is 0 Å². The van der Waals surface area contributed by atoms with Crippen molar-refractivity contribution >= 4 is 16.7 Å². The summed E-state index contributed by atoms with van der Waals surface area (Å²) >= 11 is 0.